The van der Waals surface area contributed by atoms with Crippen LogP contribution < -0.4 is 10.6 Å². The summed E-state index contributed by atoms with van der Waals surface area (Å²) in [5, 5.41) is 10.8. The number of nitrogens with zero attached hydrogens (tertiary/aromatic N) is 2. The van der Waals surface area contributed by atoms with Gasteiger partial charge in [0.05, 0.1) is 17.7 Å². The van der Waals surface area contributed by atoms with Crippen molar-refractivity contribution in [3.05, 3.63) is 53.3 Å². The van der Waals surface area contributed by atoms with E-state index in [2.05, 4.69) is 54.7 Å². The van der Waals surface area contributed by atoms with Gasteiger partial charge in [-0.05, 0) is 31.9 Å². The Balaban J connectivity index is 0.00000225. The summed E-state index contributed by atoms with van der Waals surface area (Å²) in [7, 11) is 1.90. The van der Waals surface area contributed by atoms with Crippen LogP contribution in [0.25, 0.3) is 0 Å². The minimum atomic E-state index is -0.398. The first-order chi connectivity index (χ1) is 11.4. The van der Waals surface area contributed by atoms with Gasteiger partial charge in [-0.25, -0.2) is 0 Å². The number of aromatic nitrogens is 2. The predicted octanol–water partition coefficient (Wildman–Crippen LogP) is 2.50. The van der Waals surface area contributed by atoms with Crippen LogP contribution in [0.15, 0.2) is 36.7 Å². The van der Waals surface area contributed by atoms with E-state index in [1.54, 1.807) is 4.68 Å². The highest BCUT2D eigenvalue weighted by atomic mass is 35.5. The molecule has 0 unspecified atom stereocenters. The number of benzene rings is 1. The average molecular weight is 363 g/mol. The highest BCUT2D eigenvalue weighted by Crippen LogP contribution is 2.29. The van der Waals surface area contributed by atoms with Crippen LogP contribution in [-0.4, -0.2) is 28.8 Å². The molecule has 3 rings (SSSR count). The summed E-state index contributed by atoms with van der Waals surface area (Å²) in [6.07, 6.45) is 3.87. The maximum atomic E-state index is 12.9. The van der Waals surface area contributed by atoms with Gasteiger partial charge in [0.1, 0.15) is 0 Å². The molecule has 1 aliphatic rings. The molecular formula is C19H27ClN4O. The molecule has 25 heavy (non-hydrogen) atoms. The summed E-state index contributed by atoms with van der Waals surface area (Å²) in [5.41, 5.74) is 3.05. The minimum absolute atomic E-state index is 0. The van der Waals surface area contributed by atoms with Gasteiger partial charge in [0, 0.05) is 32.3 Å². The molecule has 0 radical (unpaired) electrons. The molecule has 1 aliphatic heterocycles. The van der Waals surface area contributed by atoms with Gasteiger partial charge in [0.2, 0.25) is 5.91 Å². The summed E-state index contributed by atoms with van der Waals surface area (Å²) < 4.78 is 1.79. The van der Waals surface area contributed by atoms with Crippen LogP contribution >= 0.6 is 12.4 Å². The first-order valence-corrected chi connectivity index (χ1v) is 8.45. The van der Waals surface area contributed by atoms with Crippen molar-refractivity contribution in [2.75, 3.05) is 13.1 Å². The third-order valence-electron chi connectivity index (χ3n) is 4.88. The lowest BCUT2D eigenvalue weighted by atomic mass is 9.87. The first kappa shape index (κ1) is 19.5. The van der Waals surface area contributed by atoms with E-state index in [0.29, 0.717) is 6.54 Å². The monoisotopic (exact) mass is 362 g/mol. The second-order valence-corrected chi connectivity index (χ2v) is 7.30. The van der Waals surface area contributed by atoms with Crippen LogP contribution in [0.1, 0.15) is 36.5 Å². The second kappa shape index (κ2) is 7.58. The summed E-state index contributed by atoms with van der Waals surface area (Å²) in [4.78, 5) is 12.9. The van der Waals surface area contributed by atoms with E-state index in [0.717, 1.165) is 17.7 Å². The van der Waals surface area contributed by atoms with Crippen molar-refractivity contribution < 1.29 is 4.79 Å². The SMILES string of the molecule is Cc1cccc(C(C)(C)NC(=O)[C@H]2CNC[C@@H]2c2cnn(C)c2)c1.Cl. The van der Waals surface area contributed by atoms with Crippen LogP contribution in [0, 0.1) is 12.8 Å². The molecule has 1 aromatic heterocycles. The van der Waals surface area contributed by atoms with E-state index in [-0.39, 0.29) is 30.2 Å². The number of carbonyl (C=O) groups excluding carboxylic acids is 1. The minimum Gasteiger partial charge on any atom is -0.347 e. The Hall–Kier alpha value is -1.85. The summed E-state index contributed by atoms with van der Waals surface area (Å²) in [5.74, 6) is 0.200. The number of hydrogen-bond acceptors (Lipinski definition) is 3. The zero-order valence-electron chi connectivity index (χ0n) is 15.2. The molecule has 0 bridgehead atoms. The Morgan fingerprint density at radius 1 is 1.36 bits per heavy atom. The van der Waals surface area contributed by atoms with Crippen LogP contribution in [-0.2, 0) is 17.4 Å². The molecule has 2 heterocycles. The molecular weight excluding hydrogens is 336 g/mol. The van der Waals surface area contributed by atoms with Crippen LogP contribution in [0.5, 0.6) is 0 Å². The lowest BCUT2D eigenvalue weighted by Gasteiger charge is -2.30. The fourth-order valence-electron chi connectivity index (χ4n) is 3.44. The number of nitrogens with one attached hydrogen (secondary N) is 2. The van der Waals surface area contributed by atoms with Gasteiger partial charge in [-0.15, -0.1) is 12.4 Å². The third-order valence-corrected chi connectivity index (χ3v) is 4.88. The number of aryl methyl sites for hydroxylation is 2. The highest BCUT2D eigenvalue weighted by molar-refractivity contribution is 5.85. The summed E-state index contributed by atoms with van der Waals surface area (Å²) in [6, 6.07) is 8.30. The van der Waals surface area contributed by atoms with Crippen molar-refractivity contribution in [3.8, 4) is 0 Å². The van der Waals surface area contributed by atoms with Crippen molar-refractivity contribution in [3.63, 3.8) is 0 Å². The molecule has 6 heteroatoms. The largest absolute Gasteiger partial charge is 0.347 e. The fourth-order valence-corrected chi connectivity index (χ4v) is 3.44. The van der Waals surface area contributed by atoms with Gasteiger partial charge in [0.15, 0.2) is 0 Å². The van der Waals surface area contributed by atoms with E-state index in [9.17, 15) is 4.79 Å². The number of hydrogen-bond donors (Lipinski definition) is 2. The molecule has 136 valence electrons. The van der Waals surface area contributed by atoms with Crippen molar-refractivity contribution >= 4 is 18.3 Å². The number of halogens is 1. The summed E-state index contributed by atoms with van der Waals surface area (Å²) >= 11 is 0. The summed E-state index contributed by atoms with van der Waals surface area (Å²) in [6.45, 7) is 7.70. The maximum Gasteiger partial charge on any atom is 0.225 e. The average Bonchev–Trinajstić information content (AvgIpc) is 3.15. The van der Waals surface area contributed by atoms with Crippen LogP contribution in [0.2, 0.25) is 0 Å². The number of carbonyl (C=O) groups is 1. The Kier molecular flexibility index (Phi) is 5.91. The number of amides is 1. The van der Waals surface area contributed by atoms with Crippen molar-refractivity contribution in [1.82, 2.24) is 20.4 Å². The third kappa shape index (κ3) is 4.22. The van der Waals surface area contributed by atoms with E-state index in [1.165, 1.54) is 5.56 Å². The Labute approximate surface area is 155 Å². The topological polar surface area (TPSA) is 59.0 Å². The van der Waals surface area contributed by atoms with E-state index in [1.807, 2.05) is 25.5 Å². The highest BCUT2D eigenvalue weighted by Gasteiger charge is 2.37. The van der Waals surface area contributed by atoms with E-state index < -0.39 is 5.54 Å². The van der Waals surface area contributed by atoms with Crippen LogP contribution in [0.4, 0.5) is 0 Å². The predicted molar refractivity (Wildman–Crippen MR) is 102 cm³/mol. The van der Waals surface area contributed by atoms with Gasteiger partial charge in [0.25, 0.3) is 0 Å². The Morgan fingerprint density at radius 3 is 2.76 bits per heavy atom. The smallest absolute Gasteiger partial charge is 0.225 e. The zero-order chi connectivity index (χ0) is 17.3. The molecule has 0 aliphatic carbocycles. The molecule has 1 aromatic carbocycles. The van der Waals surface area contributed by atoms with Gasteiger partial charge in [-0.2, -0.15) is 5.10 Å². The molecule has 1 fully saturated rings. The van der Waals surface area contributed by atoms with Crippen molar-refractivity contribution in [1.29, 1.82) is 0 Å². The van der Waals surface area contributed by atoms with E-state index in [4.69, 9.17) is 0 Å². The van der Waals surface area contributed by atoms with E-state index >= 15 is 0 Å². The molecule has 1 saturated heterocycles. The standard InChI is InChI=1S/C19H26N4O.ClH/c1-13-6-5-7-15(8-13)19(2,3)22-18(24)17-11-20-10-16(17)14-9-21-23(4)12-14;/h5-9,12,16-17,20H,10-11H2,1-4H3,(H,22,24);1H/t16-,17+;/m1./s1. The van der Waals surface area contributed by atoms with Crippen LogP contribution in [0.3, 0.4) is 0 Å². The Morgan fingerprint density at radius 2 is 2.12 bits per heavy atom. The molecule has 5 nitrogen and oxygen atoms in total. The maximum absolute atomic E-state index is 12.9. The normalized spacial score (nSPS) is 20.2. The number of rotatable bonds is 4. The lowest BCUT2D eigenvalue weighted by Crippen LogP contribution is -2.45. The molecule has 0 saturated carbocycles. The second-order valence-electron chi connectivity index (χ2n) is 7.30. The zero-order valence-corrected chi connectivity index (χ0v) is 16.1. The lowest BCUT2D eigenvalue weighted by molar-refractivity contribution is -0.126. The Bertz CT molecular complexity index is 741. The molecule has 0 spiro atoms. The molecule has 2 N–H and O–H groups in total. The molecule has 2 aromatic rings. The van der Waals surface area contributed by atoms with Gasteiger partial charge >= 0.3 is 0 Å². The van der Waals surface area contributed by atoms with Gasteiger partial charge < -0.3 is 10.6 Å². The van der Waals surface area contributed by atoms with Crippen molar-refractivity contribution in [2.24, 2.45) is 13.0 Å². The van der Waals surface area contributed by atoms with Gasteiger partial charge in [-0.3, -0.25) is 9.48 Å². The fraction of sp³-hybridized carbons (Fsp3) is 0.474. The molecule has 2 atom stereocenters. The quantitative estimate of drug-likeness (QED) is 0.878. The first-order valence-electron chi connectivity index (χ1n) is 8.45. The van der Waals surface area contributed by atoms with Crippen molar-refractivity contribution in [2.45, 2.75) is 32.2 Å². The molecule has 1 amide bonds. The van der Waals surface area contributed by atoms with Gasteiger partial charge in [-0.1, -0.05) is 29.8 Å².